The Morgan fingerprint density at radius 1 is 1.40 bits per heavy atom. The summed E-state index contributed by atoms with van der Waals surface area (Å²) in [5.74, 6) is 0. The first-order valence-electron chi connectivity index (χ1n) is 7.83. The van der Waals surface area contributed by atoms with Gasteiger partial charge >= 0.3 is 0 Å². The summed E-state index contributed by atoms with van der Waals surface area (Å²) in [5, 5.41) is 3.71. The average Bonchev–Trinajstić information content (AvgIpc) is 2.65. The van der Waals surface area contributed by atoms with Gasteiger partial charge in [0.2, 0.25) is 0 Å². The zero-order valence-corrected chi connectivity index (χ0v) is 13.1. The molecule has 0 fully saturated rings. The van der Waals surface area contributed by atoms with Crippen LogP contribution in [0.2, 0.25) is 0 Å². The number of para-hydroxylation sites is 1. The number of fused-ring (bicyclic) bond motifs is 1. The lowest BCUT2D eigenvalue weighted by Crippen LogP contribution is -2.42. The Hall–Kier alpha value is -1.06. The first-order valence-corrected chi connectivity index (χ1v) is 7.83. The van der Waals surface area contributed by atoms with Crippen molar-refractivity contribution in [2.24, 2.45) is 0 Å². The maximum atomic E-state index is 5.25. The van der Waals surface area contributed by atoms with Crippen LogP contribution in [-0.2, 0) is 11.3 Å². The molecule has 1 aromatic rings. The molecule has 1 aromatic carbocycles. The highest BCUT2D eigenvalue weighted by Gasteiger charge is 2.24. The number of ether oxygens (including phenoxy) is 1. The molecule has 20 heavy (non-hydrogen) atoms. The predicted octanol–water partition coefficient (Wildman–Crippen LogP) is 3.19. The molecule has 0 amide bonds. The van der Waals surface area contributed by atoms with Gasteiger partial charge in [-0.15, -0.1) is 0 Å². The molecule has 1 N–H and O–H groups in total. The zero-order valence-electron chi connectivity index (χ0n) is 13.1. The van der Waals surface area contributed by atoms with Crippen LogP contribution in [0.15, 0.2) is 24.3 Å². The van der Waals surface area contributed by atoms with Crippen LogP contribution in [0.1, 0.15) is 38.7 Å². The van der Waals surface area contributed by atoms with E-state index in [0.717, 1.165) is 26.1 Å². The zero-order chi connectivity index (χ0) is 14.4. The van der Waals surface area contributed by atoms with Gasteiger partial charge in [0, 0.05) is 44.6 Å². The van der Waals surface area contributed by atoms with Crippen molar-refractivity contribution < 1.29 is 4.74 Å². The Morgan fingerprint density at radius 3 is 2.95 bits per heavy atom. The van der Waals surface area contributed by atoms with E-state index in [2.05, 4.69) is 48.3 Å². The smallest absolute Gasteiger partial charge is 0.0481 e. The lowest BCUT2D eigenvalue weighted by atomic mass is 10.1. The van der Waals surface area contributed by atoms with Crippen LogP contribution in [0.5, 0.6) is 0 Å². The summed E-state index contributed by atoms with van der Waals surface area (Å²) in [6.45, 7) is 7.47. The van der Waals surface area contributed by atoms with Crippen LogP contribution in [0.25, 0.3) is 0 Å². The van der Waals surface area contributed by atoms with Crippen molar-refractivity contribution in [2.45, 2.75) is 51.7 Å². The lowest BCUT2D eigenvalue weighted by molar-refractivity contribution is 0.188. The molecule has 2 unspecified atom stereocenters. The third-order valence-electron chi connectivity index (χ3n) is 4.21. The standard InChI is InChI=1S/C17H28N2O/c1-4-7-16-13-19(14(2)10-11-20-3)17-9-6-5-8-15(17)12-18-16/h5-6,8-9,14,16,18H,4,7,10-13H2,1-3H3. The molecular formula is C17H28N2O. The summed E-state index contributed by atoms with van der Waals surface area (Å²) in [6.07, 6.45) is 3.54. The highest BCUT2D eigenvalue weighted by atomic mass is 16.5. The van der Waals surface area contributed by atoms with Crippen molar-refractivity contribution in [3.8, 4) is 0 Å². The number of rotatable bonds is 6. The van der Waals surface area contributed by atoms with Gasteiger partial charge in [-0.05, 0) is 31.4 Å². The van der Waals surface area contributed by atoms with Crippen LogP contribution < -0.4 is 10.2 Å². The average molecular weight is 276 g/mol. The molecule has 0 saturated carbocycles. The molecule has 3 heteroatoms. The number of methoxy groups -OCH3 is 1. The molecule has 1 aliphatic rings. The number of nitrogens with zero attached hydrogens (tertiary/aromatic N) is 1. The van der Waals surface area contributed by atoms with E-state index in [-0.39, 0.29) is 0 Å². The molecule has 2 atom stereocenters. The van der Waals surface area contributed by atoms with E-state index in [1.54, 1.807) is 7.11 Å². The molecule has 0 radical (unpaired) electrons. The molecule has 0 spiro atoms. The molecule has 112 valence electrons. The number of nitrogens with one attached hydrogen (secondary N) is 1. The fourth-order valence-electron chi connectivity index (χ4n) is 3.00. The minimum atomic E-state index is 0.510. The molecule has 1 aliphatic heterocycles. The predicted molar refractivity (Wildman–Crippen MR) is 85.3 cm³/mol. The van der Waals surface area contributed by atoms with Crippen molar-refractivity contribution in [2.75, 3.05) is 25.2 Å². The molecule has 0 aliphatic carbocycles. The maximum Gasteiger partial charge on any atom is 0.0481 e. The van der Waals surface area contributed by atoms with Crippen molar-refractivity contribution in [1.29, 1.82) is 0 Å². The van der Waals surface area contributed by atoms with E-state index >= 15 is 0 Å². The Kier molecular flexibility index (Phi) is 5.86. The summed E-state index contributed by atoms with van der Waals surface area (Å²) < 4.78 is 5.25. The van der Waals surface area contributed by atoms with E-state index in [1.165, 1.54) is 24.1 Å². The van der Waals surface area contributed by atoms with E-state index in [1.807, 2.05) is 0 Å². The minimum absolute atomic E-state index is 0.510. The van der Waals surface area contributed by atoms with Gasteiger partial charge in [-0.3, -0.25) is 0 Å². The molecular weight excluding hydrogens is 248 g/mol. The van der Waals surface area contributed by atoms with Gasteiger partial charge in [-0.25, -0.2) is 0 Å². The maximum absolute atomic E-state index is 5.25. The Balaban J connectivity index is 2.19. The highest BCUT2D eigenvalue weighted by Crippen LogP contribution is 2.27. The number of hydrogen-bond donors (Lipinski definition) is 1. The van der Waals surface area contributed by atoms with Crippen molar-refractivity contribution in [1.82, 2.24) is 5.32 Å². The topological polar surface area (TPSA) is 24.5 Å². The minimum Gasteiger partial charge on any atom is -0.385 e. The second-order valence-electron chi connectivity index (χ2n) is 5.78. The van der Waals surface area contributed by atoms with Crippen LogP contribution in [0, 0.1) is 0 Å². The third kappa shape index (κ3) is 3.74. The van der Waals surface area contributed by atoms with Gasteiger partial charge in [-0.1, -0.05) is 31.5 Å². The van der Waals surface area contributed by atoms with Crippen molar-refractivity contribution in [3.05, 3.63) is 29.8 Å². The monoisotopic (exact) mass is 276 g/mol. The van der Waals surface area contributed by atoms with E-state index in [4.69, 9.17) is 4.74 Å². The van der Waals surface area contributed by atoms with E-state index in [9.17, 15) is 0 Å². The second-order valence-corrected chi connectivity index (χ2v) is 5.78. The first-order chi connectivity index (χ1) is 9.76. The molecule has 2 rings (SSSR count). The molecule has 3 nitrogen and oxygen atoms in total. The molecule has 1 heterocycles. The van der Waals surface area contributed by atoms with Gasteiger partial charge in [-0.2, -0.15) is 0 Å². The largest absolute Gasteiger partial charge is 0.385 e. The number of anilines is 1. The van der Waals surface area contributed by atoms with Gasteiger partial charge in [0.15, 0.2) is 0 Å². The Morgan fingerprint density at radius 2 is 2.20 bits per heavy atom. The van der Waals surface area contributed by atoms with Crippen LogP contribution in [0.4, 0.5) is 5.69 Å². The fraction of sp³-hybridized carbons (Fsp3) is 0.647. The number of hydrogen-bond acceptors (Lipinski definition) is 3. The quantitative estimate of drug-likeness (QED) is 0.863. The third-order valence-corrected chi connectivity index (χ3v) is 4.21. The van der Waals surface area contributed by atoms with E-state index < -0.39 is 0 Å². The van der Waals surface area contributed by atoms with Crippen molar-refractivity contribution >= 4 is 5.69 Å². The fourth-order valence-corrected chi connectivity index (χ4v) is 3.00. The van der Waals surface area contributed by atoms with E-state index in [0.29, 0.717) is 12.1 Å². The van der Waals surface area contributed by atoms with Gasteiger partial charge in [0.1, 0.15) is 0 Å². The summed E-state index contributed by atoms with van der Waals surface area (Å²) in [7, 11) is 1.78. The number of benzene rings is 1. The van der Waals surface area contributed by atoms with Crippen molar-refractivity contribution in [3.63, 3.8) is 0 Å². The Bertz CT molecular complexity index is 408. The van der Waals surface area contributed by atoms with Gasteiger partial charge < -0.3 is 15.0 Å². The Labute approximate surface area is 123 Å². The summed E-state index contributed by atoms with van der Waals surface area (Å²) in [6, 6.07) is 9.88. The summed E-state index contributed by atoms with van der Waals surface area (Å²) >= 11 is 0. The molecule has 0 aromatic heterocycles. The lowest BCUT2D eigenvalue weighted by Gasteiger charge is -2.33. The van der Waals surface area contributed by atoms with Crippen LogP contribution in [0.3, 0.4) is 0 Å². The summed E-state index contributed by atoms with van der Waals surface area (Å²) in [5.41, 5.74) is 2.80. The SMILES string of the molecule is CCCC1CN(C(C)CCOC)c2ccccc2CN1. The first kappa shape index (κ1) is 15.3. The van der Waals surface area contributed by atoms with Crippen LogP contribution >= 0.6 is 0 Å². The van der Waals surface area contributed by atoms with Gasteiger partial charge in [0.05, 0.1) is 0 Å². The molecule has 0 saturated heterocycles. The van der Waals surface area contributed by atoms with Crippen LogP contribution in [-0.4, -0.2) is 32.3 Å². The normalized spacial score (nSPS) is 20.4. The molecule has 0 bridgehead atoms. The highest BCUT2D eigenvalue weighted by molar-refractivity contribution is 5.55. The second kappa shape index (κ2) is 7.65. The summed E-state index contributed by atoms with van der Waals surface area (Å²) in [4.78, 5) is 2.56. The van der Waals surface area contributed by atoms with Gasteiger partial charge in [0.25, 0.3) is 0 Å².